The van der Waals surface area contributed by atoms with Crippen molar-refractivity contribution < 1.29 is 28.6 Å². The Labute approximate surface area is 440 Å². The largest absolute Gasteiger partial charge is 0.462 e. The number of carbonyl (C=O) groups excluding carboxylic acids is 3. The van der Waals surface area contributed by atoms with E-state index in [1.54, 1.807) is 0 Å². The van der Waals surface area contributed by atoms with Gasteiger partial charge in [-0.2, -0.15) is 0 Å². The molecule has 0 heterocycles. The smallest absolute Gasteiger partial charge is 0.306 e. The molecule has 71 heavy (non-hydrogen) atoms. The summed E-state index contributed by atoms with van der Waals surface area (Å²) in [6, 6.07) is 0. The van der Waals surface area contributed by atoms with Crippen LogP contribution >= 0.6 is 0 Å². The molecular weight excluding hydrogens is 877 g/mol. The fourth-order valence-corrected chi connectivity index (χ4v) is 8.94. The molecule has 0 amide bonds. The number of carbonyl (C=O) groups is 3. The SMILES string of the molecule is CC/C=C\C/C=C\C/C=C\C/C=C\C/C=C\CCCCCCCCCCCC(=O)OCC(COC(=O)CCCCCCCCCCCC)OC(=O)CCCCCCCCCCCCCCCCCCCC. The maximum atomic E-state index is 12.9. The topological polar surface area (TPSA) is 78.9 Å². The van der Waals surface area contributed by atoms with E-state index in [1.807, 2.05) is 0 Å². The summed E-state index contributed by atoms with van der Waals surface area (Å²) in [5.74, 6) is -0.862. The number of ether oxygens (including phenoxy) is 3. The summed E-state index contributed by atoms with van der Waals surface area (Å²) in [5, 5.41) is 0. The Morgan fingerprint density at radius 1 is 0.296 bits per heavy atom. The summed E-state index contributed by atoms with van der Waals surface area (Å²) in [6.45, 7) is 6.55. The molecule has 0 bridgehead atoms. The molecule has 0 aliphatic carbocycles. The molecule has 0 radical (unpaired) electrons. The predicted octanol–water partition coefficient (Wildman–Crippen LogP) is 20.8. The molecule has 1 atom stereocenters. The third-order valence-corrected chi connectivity index (χ3v) is 13.5. The normalized spacial score (nSPS) is 12.4. The maximum Gasteiger partial charge on any atom is 0.306 e. The van der Waals surface area contributed by atoms with Gasteiger partial charge in [-0.1, -0.05) is 293 Å². The van der Waals surface area contributed by atoms with Crippen LogP contribution in [-0.4, -0.2) is 37.2 Å². The Hall–Kier alpha value is -2.89. The molecule has 6 heteroatoms. The van der Waals surface area contributed by atoms with Gasteiger partial charge >= 0.3 is 17.9 Å². The van der Waals surface area contributed by atoms with Crippen LogP contribution < -0.4 is 0 Å². The fourth-order valence-electron chi connectivity index (χ4n) is 8.94. The Morgan fingerprint density at radius 2 is 0.549 bits per heavy atom. The first-order chi connectivity index (χ1) is 35.0. The molecule has 0 fully saturated rings. The Balaban J connectivity index is 4.24. The Bertz CT molecular complexity index is 1280. The van der Waals surface area contributed by atoms with Crippen LogP contribution in [0.3, 0.4) is 0 Å². The zero-order chi connectivity index (χ0) is 51.4. The third-order valence-electron chi connectivity index (χ3n) is 13.5. The van der Waals surface area contributed by atoms with E-state index in [4.69, 9.17) is 14.2 Å². The van der Waals surface area contributed by atoms with E-state index >= 15 is 0 Å². The number of hydrogen-bond acceptors (Lipinski definition) is 6. The van der Waals surface area contributed by atoms with Crippen molar-refractivity contribution in [1.29, 1.82) is 0 Å². The number of esters is 3. The molecule has 1 unspecified atom stereocenters. The fraction of sp³-hybridized carbons (Fsp3) is 0.800. The summed E-state index contributed by atoms with van der Waals surface area (Å²) in [5.41, 5.74) is 0. The van der Waals surface area contributed by atoms with E-state index in [9.17, 15) is 14.4 Å². The second-order valence-corrected chi connectivity index (χ2v) is 20.6. The van der Waals surface area contributed by atoms with E-state index in [-0.39, 0.29) is 31.1 Å². The van der Waals surface area contributed by atoms with Crippen LogP contribution in [0, 0.1) is 0 Å². The molecule has 0 rings (SSSR count). The van der Waals surface area contributed by atoms with Crippen LogP contribution in [0.2, 0.25) is 0 Å². The van der Waals surface area contributed by atoms with Crippen molar-refractivity contribution in [2.45, 2.75) is 322 Å². The van der Waals surface area contributed by atoms with E-state index in [1.165, 1.54) is 180 Å². The molecule has 6 nitrogen and oxygen atoms in total. The first-order valence-corrected chi connectivity index (χ1v) is 30.8. The van der Waals surface area contributed by atoms with E-state index in [0.717, 1.165) is 96.3 Å². The van der Waals surface area contributed by atoms with Crippen molar-refractivity contribution in [3.05, 3.63) is 60.8 Å². The summed E-state index contributed by atoms with van der Waals surface area (Å²) in [7, 11) is 0. The predicted molar refractivity (Wildman–Crippen MR) is 307 cm³/mol. The number of unbranched alkanes of at least 4 members (excludes halogenated alkanes) is 35. The van der Waals surface area contributed by atoms with Gasteiger partial charge in [-0.25, -0.2) is 0 Å². The lowest BCUT2D eigenvalue weighted by atomic mass is 10.0. The zero-order valence-corrected chi connectivity index (χ0v) is 47.2. The van der Waals surface area contributed by atoms with Crippen LogP contribution in [0.25, 0.3) is 0 Å². The van der Waals surface area contributed by atoms with E-state index in [2.05, 4.69) is 81.5 Å². The zero-order valence-electron chi connectivity index (χ0n) is 47.2. The summed E-state index contributed by atoms with van der Waals surface area (Å²) in [6.07, 6.45) is 75.1. The van der Waals surface area contributed by atoms with Gasteiger partial charge in [-0.3, -0.25) is 14.4 Å². The van der Waals surface area contributed by atoms with Gasteiger partial charge in [0.2, 0.25) is 0 Å². The minimum atomic E-state index is -0.772. The molecule has 0 saturated carbocycles. The van der Waals surface area contributed by atoms with Gasteiger partial charge in [0, 0.05) is 19.3 Å². The maximum absolute atomic E-state index is 12.9. The third kappa shape index (κ3) is 57.9. The Kier molecular flexibility index (Phi) is 57.2. The minimum Gasteiger partial charge on any atom is -0.462 e. The van der Waals surface area contributed by atoms with Crippen molar-refractivity contribution in [3.63, 3.8) is 0 Å². The van der Waals surface area contributed by atoms with Crippen molar-refractivity contribution >= 4 is 17.9 Å². The Morgan fingerprint density at radius 3 is 0.859 bits per heavy atom. The quantitative estimate of drug-likeness (QED) is 0.0261. The van der Waals surface area contributed by atoms with Gasteiger partial charge in [-0.15, -0.1) is 0 Å². The number of allylic oxidation sites excluding steroid dienone is 10. The van der Waals surface area contributed by atoms with Gasteiger partial charge < -0.3 is 14.2 Å². The molecule has 0 N–H and O–H groups in total. The second kappa shape index (κ2) is 59.7. The number of hydrogen-bond donors (Lipinski definition) is 0. The van der Waals surface area contributed by atoms with Gasteiger partial charge in [-0.05, 0) is 64.2 Å². The van der Waals surface area contributed by atoms with E-state index < -0.39 is 6.10 Å². The van der Waals surface area contributed by atoms with Crippen LogP contribution in [0.5, 0.6) is 0 Å². The molecule has 0 spiro atoms. The van der Waals surface area contributed by atoms with Crippen molar-refractivity contribution in [2.24, 2.45) is 0 Å². The number of rotatable bonds is 56. The molecule has 0 aromatic heterocycles. The summed E-state index contributed by atoms with van der Waals surface area (Å²) < 4.78 is 16.9. The molecular formula is C65H116O6. The molecule has 412 valence electrons. The van der Waals surface area contributed by atoms with Crippen LogP contribution in [0.15, 0.2) is 60.8 Å². The molecule has 0 aliphatic rings. The lowest BCUT2D eigenvalue weighted by Crippen LogP contribution is -2.30. The summed E-state index contributed by atoms with van der Waals surface area (Å²) in [4.78, 5) is 38.2. The first-order valence-electron chi connectivity index (χ1n) is 30.8. The average Bonchev–Trinajstić information content (AvgIpc) is 3.37. The van der Waals surface area contributed by atoms with Gasteiger partial charge in [0.1, 0.15) is 13.2 Å². The van der Waals surface area contributed by atoms with Crippen molar-refractivity contribution in [2.75, 3.05) is 13.2 Å². The average molecular weight is 994 g/mol. The lowest BCUT2D eigenvalue weighted by Gasteiger charge is -2.18. The molecule has 0 aromatic rings. The van der Waals surface area contributed by atoms with Gasteiger partial charge in [0.25, 0.3) is 0 Å². The first kappa shape index (κ1) is 68.1. The second-order valence-electron chi connectivity index (χ2n) is 20.6. The monoisotopic (exact) mass is 993 g/mol. The molecule has 0 aliphatic heterocycles. The molecule has 0 saturated heterocycles. The van der Waals surface area contributed by atoms with Crippen molar-refractivity contribution in [1.82, 2.24) is 0 Å². The van der Waals surface area contributed by atoms with Crippen LogP contribution in [0.4, 0.5) is 0 Å². The highest BCUT2D eigenvalue weighted by Gasteiger charge is 2.19. The lowest BCUT2D eigenvalue weighted by molar-refractivity contribution is -0.167. The molecule has 0 aromatic carbocycles. The van der Waals surface area contributed by atoms with Gasteiger partial charge in [0.05, 0.1) is 0 Å². The van der Waals surface area contributed by atoms with Crippen LogP contribution in [-0.2, 0) is 28.6 Å². The minimum absolute atomic E-state index is 0.0713. The van der Waals surface area contributed by atoms with Crippen molar-refractivity contribution in [3.8, 4) is 0 Å². The highest BCUT2D eigenvalue weighted by atomic mass is 16.6. The van der Waals surface area contributed by atoms with E-state index in [0.29, 0.717) is 19.3 Å². The summed E-state index contributed by atoms with van der Waals surface area (Å²) >= 11 is 0. The standard InChI is InChI=1S/C65H116O6/c1-4-7-10-13-16-19-22-24-26-28-30-31-32-33-34-35-36-38-39-41-43-46-49-52-55-58-64(67)70-61-62(60-69-63(66)57-54-51-48-45-21-18-15-12-9-6-3)71-65(68)59-56-53-50-47-44-42-40-37-29-27-25-23-20-17-14-11-8-5-2/h7,10,16,19,24,26,30-31,33-34,62H,4-6,8-9,11-15,17-18,20-23,25,27-29,32,35-61H2,1-3H3/b10-7-,19-16-,26-24-,31-30-,34-33-. The highest BCUT2D eigenvalue weighted by Crippen LogP contribution is 2.17. The highest BCUT2D eigenvalue weighted by molar-refractivity contribution is 5.71. The van der Waals surface area contributed by atoms with Crippen LogP contribution in [0.1, 0.15) is 316 Å². The van der Waals surface area contributed by atoms with Gasteiger partial charge in [0.15, 0.2) is 6.10 Å².